The number of carbonyl (C=O) groups excluding carboxylic acids is 1. The Morgan fingerprint density at radius 2 is 1.41 bits per heavy atom. The maximum Gasteiger partial charge on any atom is 0.258 e. The fourth-order valence-corrected chi connectivity index (χ4v) is 3.44. The molecule has 0 heterocycles. The number of hydrogen-bond acceptors (Lipinski definition) is 2. The van der Waals surface area contributed by atoms with Gasteiger partial charge in [-0.1, -0.05) is 72.3 Å². The van der Waals surface area contributed by atoms with Crippen LogP contribution in [-0.2, 0) is 4.79 Å². The average molecular weight is 380 g/mol. The third kappa shape index (κ3) is 4.89. The second-order valence-corrected chi connectivity index (χ2v) is 6.92. The number of rotatable bonds is 6. The number of benzene rings is 3. The Balaban J connectivity index is 1.74. The van der Waals surface area contributed by atoms with Crippen molar-refractivity contribution in [1.82, 2.24) is 5.32 Å². The lowest BCUT2D eigenvalue weighted by Crippen LogP contribution is -2.33. The third-order valence-electron chi connectivity index (χ3n) is 4.34. The molecule has 0 aromatic heterocycles. The molecule has 0 atom stereocenters. The van der Waals surface area contributed by atoms with Crippen LogP contribution in [0.1, 0.15) is 28.3 Å². The highest BCUT2D eigenvalue weighted by molar-refractivity contribution is 6.30. The molecule has 3 rings (SSSR count). The van der Waals surface area contributed by atoms with E-state index >= 15 is 0 Å². The second kappa shape index (κ2) is 8.74. The van der Waals surface area contributed by atoms with Gasteiger partial charge in [-0.2, -0.15) is 0 Å². The lowest BCUT2D eigenvalue weighted by molar-refractivity contribution is -0.123. The first-order valence-electron chi connectivity index (χ1n) is 8.83. The van der Waals surface area contributed by atoms with Crippen molar-refractivity contribution in [2.24, 2.45) is 0 Å². The maximum absolute atomic E-state index is 12.6. The van der Waals surface area contributed by atoms with E-state index in [-0.39, 0.29) is 18.6 Å². The first-order chi connectivity index (χ1) is 13.0. The lowest BCUT2D eigenvalue weighted by Gasteiger charge is -2.20. The Bertz CT molecular complexity index is 848. The van der Waals surface area contributed by atoms with Gasteiger partial charge in [0.2, 0.25) is 0 Å². The van der Waals surface area contributed by atoms with Crippen LogP contribution in [0.2, 0.25) is 5.02 Å². The molecule has 0 saturated carbocycles. The minimum Gasteiger partial charge on any atom is -0.483 e. The normalized spacial score (nSPS) is 10.7. The summed E-state index contributed by atoms with van der Waals surface area (Å²) in [5.74, 6) is 0.520. The summed E-state index contributed by atoms with van der Waals surface area (Å²) in [6.07, 6.45) is 0. The molecule has 3 nitrogen and oxygen atoms in total. The molecule has 0 aliphatic heterocycles. The summed E-state index contributed by atoms with van der Waals surface area (Å²) in [5, 5.41) is 3.74. The number of ether oxygens (including phenoxy) is 1. The molecular formula is C23H22ClNO2. The standard InChI is InChI=1S/C23H22ClNO2/c1-16-13-20(24)14-17(2)23(16)27-15-21(26)25-22(18-9-5-3-6-10-18)19-11-7-4-8-12-19/h3-14,22H,15H2,1-2H3,(H,25,26). The zero-order chi connectivity index (χ0) is 19.2. The molecule has 3 aromatic rings. The monoisotopic (exact) mass is 379 g/mol. The van der Waals surface area contributed by atoms with E-state index in [4.69, 9.17) is 16.3 Å². The Morgan fingerprint density at radius 1 is 0.926 bits per heavy atom. The van der Waals surface area contributed by atoms with Gasteiger partial charge >= 0.3 is 0 Å². The van der Waals surface area contributed by atoms with Gasteiger partial charge in [0.25, 0.3) is 5.91 Å². The molecule has 0 unspecified atom stereocenters. The SMILES string of the molecule is Cc1cc(Cl)cc(C)c1OCC(=O)NC(c1ccccc1)c1ccccc1. The van der Waals surface area contributed by atoms with Crippen LogP contribution in [0.4, 0.5) is 0 Å². The fraction of sp³-hybridized carbons (Fsp3) is 0.174. The summed E-state index contributed by atoms with van der Waals surface area (Å²) >= 11 is 6.05. The lowest BCUT2D eigenvalue weighted by atomic mass is 9.99. The number of hydrogen-bond donors (Lipinski definition) is 1. The molecule has 0 bridgehead atoms. The molecule has 27 heavy (non-hydrogen) atoms. The molecule has 0 saturated heterocycles. The zero-order valence-electron chi connectivity index (χ0n) is 15.4. The fourth-order valence-electron chi connectivity index (χ4n) is 3.12. The van der Waals surface area contributed by atoms with Gasteiger partial charge in [0, 0.05) is 5.02 Å². The Labute approximate surface area is 164 Å². The zero-order valence-corrected chi connectivity index (χ0v) is 16.2. The highest BCUT2D eigenvalue weighted by atomic mass is 35.5. The molecule has 0 aliphatic carbocycles. The maximum atomic E-state index is 12.6. The minimum absolute atomic E-state index is 0.0561. The first-order valence-corrected chi connectivity index (χ1v) is 9.21. The summed E-state index contributed by atoms with van der Waals surface area (Å²) < 4.78 is 5.79. The minimum atomic E-state index is -0.226. The molecular weight excluding hydrogens is 358 g/mol. The van der Waals surface area contributed by atoms with Gasteiger partial charge in [-0.25, -0.2) is 0 Å². The van der Waals surface area contributed by atoms with Crippen molar-refractivity contribution < 1.29 is 9.53 Å². The molecule has 0 radical (unpaired) electrons. The number of carbonyl (C=O) groups is 1. The van der Waals surface area contributed by atoms with Crippen molar-refractivity contribution in [2.45, 2.75) is 19.9 Å². The van der Waals surface area contributed by atoms with Gasteiger partial charge in [0.1, 0.15) is 5.75 Å². The molecule has 0 aliphatic rings. The van der Waals surface area contributed by atoms with E-state index in [1.807, 2.05) is 86.6 Å². The van der Waals surface area contributed by atoms with Crippen LogP contribution in [-0.4, -0.2) is 12.5 Å². The van der Waals surface area contributed by atoms with Crippen LogP contribution < -0.4 is 10.1 Å². The van der Waals surface area contributed by atoms with Crippen LogP contribution >= 0.6 is 11.6 Å². The average Bonchev–Trinajstić information content (AvgIpc) is 2.66. The van der Waals surface area contributed by atoms with Gasteiger partial charge < -0.3 is 10.1 Å². The molecule has 0 spiro atoms. The van der Waals surface area contributed by atoms with Crippen LogP contribution in [0.5, 0.6) is 5.75 Å². The number of aryl methyl sites for hydroxylation is 2. The highest BCUT2D eigenvalue weighted by Gasteiger charge is 2.17. The predicted octanol–water partition coefficient (Wildman–Crippen LogP) is 5.24. The van der Waals surface area contributed by atoms with E-state index in [9.17, 15) is 4.79 Å². The summed E-state index contributed by atoms with van der Waals surface area (Å²) in [5.41, 5.74) is 3.87. The smallest absolute Gasteiger partial charge is 0.258 e. The summed E-state index contributed by atoms with van der Waals surface area (Å²) in [7, 11) is 0. The first kappa shape index (κ1) is 19.0. The van der Waals surface area contributed by atoms with Gasteiger partial charge in [-0.3, -0.25) is 4.79 Å². The molecule has 3 aromatic carbocycles. The van der Waals surface area contributed by atoms with E-state index < -0.39 is 0 Å². The van der Waals surface area contributed by atoms with E-state index in [2.05, 4.69) is 5.32 Å². The van der Waals surface area contributed by atoms with Crippen molar-refractivity contribution >= 4 is 17.5 Å². The molecule has 138 valence electrons. The van der Waals surface area contributed by atoms with E-state index in [0.29, 0.717) is 10.8 Å². The van der Waals surface area contributed by atoms with Crippen molar-refractivity contribution in [2.75, 3.05) is 6.61 Å². The van der Waals surface area contributed by atoms with Gasteiger partial charge in [0.05, 0.1) is 6.04 Å². The number of amides is 1. The Hall–Kier alpha value is -2.78. The van der Waals surface area contributed by atoms with E-state index in [1.54, 1.807) is 0 Å². The van der Waals surface area contributed by atoms with Crippen LogP contribution in [0, 0.1) is 13.8 Å². The van der Waals surface area contributed by atoms with E-state index in [0.717, 1.165) is 22.3 Å². The Kier molecular flexibility index (Phi) is 6.15. The number of halogens is 1. The van der Waals surface area contributed by atoms with Crippen molar-refractivity contribution in [1.29, 1.82) is 0 Å². The van der Waals surface area contributed by atoms with Crippen LogP contribution in [0.15, 0.2) is 72.8 Å². The van der Waals surface area contributed by atoms with Gasteiger partial charge in [0.15, 0.2) is 6.61 Å². The summed E-state index contributed by atoms with van der Waals surface area (Å²) in [6, 6.07) is 23.3. The van der Waals surface area contributed by atoms with Gasteiger partial charge in [-0.15, -0.1) is 0 Å². The quantitative estimate of drug-likeness (QED) is 0.635. The topological polar surface area (TPSA) is 38.3 Å². The van der Waals surface area contributed by atoms with Crippen LogP contribution in [0.3, 0.4) is 0 Å². The summed E-state index contributed by atoms with van der Waals surface area (Å²) in [6.45, 7) is 3.78. The molecule has 1 amide bonds. The van der Waals surface area contributed by atoms with Crippen molar-refractivity contribution in [3.05, 3.63) is 100 Å². The van der Waals surface area contributed by atoms with Crippen molar-refractivity contribution in [3.8, 4) is 5.75 Å². The molecule has 4 heteroatoms. The largest absolute Gasteiger partial charge is 0.483 e. The predicted molar refractivity (Wildman–Crippen MR) is 109 cm³/mol. The second-order valence-electron chi connectivity index (χ2n) is 6.48. The molecule has 1 N–H and O–H groups in total. The number of nitrogens with one attached hydrogen (secondary N) is 1. The van der Waals surface area contributed by atoms with Gasteiger partial charge in [-0.05, 0) is 48.2 Å². The molecule has 0 fully saturated rings. The summed E-state index contributed by atoms with van der Waals surface area (Å²) in [4.78, 5) is 12.6. The van der Waals surface area contributed by atoms with E-state index in [1.165, 1.54) is 0 Å². The van der Waals surface area contributed by atoms with Crippen molar-refractivity contribution in [3.63, 3.8) is 0 Å². The Morgan fingerprint density at radius 3 is 1.89 bits per heavy atom. The highest BCUT2D eigenvalue weighted by Crippen LogP contribution is 2.27. The van der Waals surface area contributed by atoms with Crippen LogP contribution in [0.25, 0.3) is 0 Å². The third-order valence-corrected chi connectivity index (χ3v) is 4.56.